The van der Waals surface area contributed by atoms with E-state index < -0.39 is 17.6 Å². The number of amides is 1. The van der Waals surface area contributed by atoms with Crippen LogP contribution in [0.15, 0.2) is 36.4 Å². The molecule has 2 aromatic carbocycles. The van der Waals surface area contributed by atoms with E-state index in [0.29, 0.717) is 22.8 Å². The summed E-state index contributed by atoms with van der Waals surface area (Å²) in [6.45, 7) is 0.126. The van der Waals surface area contributed by atoms with E-state index in [1.54, 1.807) is 12.1 Å². The summed E-state index contributed by atoms with van der Waals surface area (Å²) in [6.07, 6.45) is -4.61. The Balaban J connectivity index is 2.08. The number of methoxy groups -OCH3 is 3. The molecular weight excluding hydrogens is 363 g/mol. The van der Waals surface area contributed by atoms with Crippen LogP contribution in [-0.2, 0) is 23.9 Å². The molecule has 0 saturated carbocycles. The normalized spacial score (nSPS) is 11.0. The third-order valence-corrected chi connectivity index (χ3v) is 3.88. The number of hydrogen-bond acceptors (Lipinski definition) is 4. The van der Waals surface area contributed by atoms with Crippen LogP contribution in [0.3, 0.4) is 0 Å². The van der Waals surface area contributed by atoms with Gasteiger partial charge in [0, 0.05) is 18.2 Å². The molecule has 0 aliphatic heterocycles. The molecule has 0 aliphatic rings. The van der Waals surface area contributed by atoms with E-state index in [9.17, 15) is 18.0 Å². The van der Waals surface area contributed by atoms with Gasteiger partial charge in [0.2, 0.25) is 5.91 Å². The highest BCUT2D eigenvalue weighted by atomic mass is 19.4. The fourth-order valence-corrected chi connectivity index (χ4v) is 2.53. The van der Waals surface area contributed by atoms with Crippen LogP contribution in [-0.4, -0.2) is 27.2 Å². The van der Waals surface area contributed by atoms with Gasteiger partial charge in [-0.15, -0.1) is 0 Å². The van der Waals surface area contributed by atoms with Crippen LogP contribution in [0.1, 0.15) is 16.7 Å². The molecule has 8 heteroatoms. The Bertz CT molecular complexity index is 806. The predicted octanol–water partition coefficient (Wildman–Crippen LogP) is 3.59. The van der Waals surface area contributed by atoms with Gasteiger partial charge >= 0.3 is 6.18 Å². The molecule has 0 heterocycles. The Morgan fingerprint density at radius 3 is 2.19 bits per heavy atom. The number of rotatable bonds is 7. The molecule has 146 valence electrons. The van der Waals surface area contributed by atoms with E-state index >= 15 is 0 Å². The first-order chi connectivity index (χ1) is 12.8. The van der Waals surface area contributed by atoms with Gasteiger partial charge in [-0.3, -0.25) is 4.79 Å². The minimum atomic E-state index is -4.44. The molecule has 2 aromatic rings. The number of ether oxygens (including phenoxy) is 3. The summed E-state index contributed by atoms with van der Waals surface area (Å²) in [7, 11) is 4.46. The molecule has 5 nitrogen and oxygen atoms in total. The summed E-state index contributed by atoms with van der Waals surface area (Å²) in [6, 6.07) is 8.00. The smallest absolute Gasteiger partial charge is 0.416 e. The largest absolute Gasteiger partial charge is 0.496 e. The van der Waals surface area contributed by atoms with Crippen LogP contribution in [0.4, 0.5) is 13.2 Å². The molecule has 0 bridgehead atoms. The van der Waals surface area contributed by atoms with Gasteiger partial charge < -0.3 is 19.5 Å². The SMILES string of the molecule is COc1cc(OC)c(OC)cc1CNC(=O)Cc1cccc(C(F)(F)F)c1. The Morgan fingerprint density at radius 2 is 1.59 bits per heavy atom. The maximum absolute atomic E-state index is 12.8. The van der Waals surface area contributed by atoms with Crippen LogP contribution < -0.4 is 19.5 Å². The van der Waals surface area contributed by atoms with E-state index in [1.165, 1.54) is 33.5 Å². The van der Waals surface area contributed by atoms with Crippen molar-refractivity contribution in [1.82, 2.24) is 5.32 Å². The average Bonchev–Trinajstić information content (AvgIpc) is 2.65. The second kappa shape index (κ2) is 8.66. The zero-order valence-electron chi connectivity index (χ0n) is 15.1. The van der Waals surface area contributed by atoms with Gasteiger partial charge in [0.25, 0.3) is 0 Å². The van der Waals surface area contributed by atoms with Crippen molar-refractivity contribution in [3.8, 4) is 17.2 Å². The highest BCUT2D eigenvalue weighted by Gasteiger charge is 2.30. The van der Waals surface area contributed by atoms with E-state index in [1.807, 2.05) is 0 Å². The number of benzene rings is 2. The van der Waals surface area contributed by atoms with Gasteiger partial charge in [-0.1, -0.05) is 18.2 Å². The van der Waals surface area contributed by atoms with Crippen molar-refractivity contribution in [1.29, 1.82) is 0 Å². The monoisotopic (exact) mass is 383 g/mol. The van der Waals surface area contributed by atoms with E-state index in [-0.39, 0.29) is 18.5 Å². The van der Waals surface area contributed by atoms with Crippen molar-refractivity contribution >= 4 is 5.91 Å². The van der Waals surface area contributed by atoms with E-state index in [2.05, 4.69) is 5.32 Å². The number of alkyl halides is 3. The molecule has 1 amide bonds. The number of carbonyl (C=O) groups excluding carboxylic acids is 1. The summed E-state index contributed by atoms with van der Waals surface area (Å²) in [4.78, 5) is 12.1. The first-order valence-electron chi connectivity index (χ1n) is 8.00. The highest BCUT2D eigenvalue weighted by molar-refractivity contribution is 5.78. The van der Waals surface area contributed by atoms with Crippen molar-refractivity contribution in [3.63, 3.8) is 0 Å². The highest BCUT2D eigenvalue weighted by Crippen LogP contribution is 2.34. The maximum atomic E-state index is 12.8. The minimum absolute atomic E-state index is 0.126. The molecule has 2 rings (SSSR count). The zero-order chi connectivity index (χ0) is 20.0. The Hall–Kier alpha value is -2.90. The van der Waals surface area contributed by atoms with Gasteiger partial charge in [-0.05, 0) is 17.7 Å². The Kier molecular flexibility index (Phi) is 6.55. The molecule has 1 N–H and O–H groups in total. The van der Waals surface area contributed by atoms with Crippen LogP contribution in [0.5, 0.6) is 17.2 Å². The lowest BCUT2D eigenvalue weighted by Gasteiger charge is -2.15. The number of nitrogens with one attached hydrogen (secondary N) is 1. The van der Waals surface area contributed by atoms with Crippen molar-refractivity contribution in [2.45, 2.75) is 19.1 Å². The molecule has 0 aromatic heterocycles. The summed E-state index contributed by atoms with van der Waals surface area (Å²) >= 11 is 0. The van der Waals surface area contributed by atoms with E-state index in [4.69, 9.17) is 14.2 Å². The molecule has 0 radical (unpaired) electrons. The van der Waals surface area contributed by atoms with Gasteiger partial charge in [0.15, 0.2) is 11.5 Å². The summed E-state index contributed by atoms with van der Waals surface area (Å²) in [5.41, 5.74) is 0.142. The summed E-state index contributed by atoms with van der Waals surface area (Å²) in [5, 5.41) is 2.67. The summed E-state index contributed by atoms with van der Waals surface area (Å²) in [5.74, 6) is 1.03. The zero-order valence-corrected chi connectivity index (χ0v) is 15.1. The first kappa shape index (κ1) is 20.4. The molecular formula is C19H20F3NO4. The fourth-order valence-electron chi connectivity index (χ4n) is 2.53. The van der Waals surface area contributed by atoms with Gasteiger partial charge in [-0.25, -0.2) is 0 Å². The lowest BCUT2D eigenvalue weighted by Crippen LogP contribution is -2.25. The van der Waals surface area contributed by atoms with E-state index in [0.717, 1.165) is 12.1 Å². The molecule has 0 saturated heterocycles. The first-order valence-corrected chi connectivity index (χ1v) is 8.00. The number of hydrogen-bond donors (Lipinski definition) is 1. The third kappa shape index (κ3) is 5.29. The van der Waals surface area contributed by atoms with Gasteiger partial charge in [-0.2, -0.15) is 13.2 Å². The van der Waals surface area contributed by atoms with Crippen molar-refractivity contribution in [3.05, 3.63) is 53.1 Å². The summed E-state index contributed by atoms with van der Waals surface area (Å²) < 4.78 is 54.0. The molecule has 0 spiro atoms. The van der Waals surface area contributed by atoms with Crippen LogP contribution in [0, 0.1) is 0 Å². The lowest BCUT2D eigenvalue weighted by atomic mass is 10.1. The van der Waals surface area contributed by atoms with Gasteiger partial charge in [0.1, 0.15) is 5.75 Å². The Labute approximate surface area is 155 Å². The van der Waals surface area contributed by atoms with Crippen molar-refractivity contribution in [2.24, 2.45) is 0 Å². The van der Waals surface area contributed by atoms with Crippen molar-refractivity contribution in [2.75, 3.05) is 21.3 Å². The number of halogens is 3. The second-order valence-electron chi connectivity index (χ2n) is 5.67. The molecule has 0 fully saturated rings. The topological polar surface area (TPSA) is 56.8 Å². The molecule has 0 unspecified atom stereocenters. The second-order valence-corrected chi connectivity index (χ2v) is 5.67. The molecule has 0 aliphatic carbocycles. The standard InChI is InChI=1S/C19H20F3NO4/c1-25-15-10-17(27-3)16(26-2)9-13(15)11-23-18(24)8-12-5-4-6-14(7-12)19(20,21)22/h4-7,9-10H,8,11H2,1-3H3,(H,23,24). The average molecular weight is 383 g/mol. The molecule has 27 heavy (non-hydrogen) atoms. The third-order valence-electron chi connectivity index (χ3n) is 3.88. The Morgan fingerprint density at radius 1 is 0.963 bits per heavy atom. The van der Waals surface area contributed by atoms with Crippen LogP contribution in [0.2, 0.25) is 0 Å². The molecule has 0 atom stereocenters. The van der Waals surface area contributed by atoms with Crippen molar-refractivity contribution < 1.29 is 32.2 Å². The van der Waals surface area contributed by atoms with Gasteiger partial charge in [0.05, 0.1) is 33.3 Å². The minimum Gasteiger partial charge on any atom is -0.496 e. The quantitative estimate of drug-likeness (QED) is 0.794. The maximum Gasteiger partial charge on any atom is 0.416 e. The number of carbonyl (C=O) groups is 1. The fraction of sp³-hybridized carbons (Fsp3) is 0.316. The lowest BCUT2D eigenvalue weighted by molar-refractivity contribution is -0.137. The van der Waals surface area contributed by atoms with Crippen LogP contribution in [0.25, 0.3) is 0 Å². The van der Waals surface area contributed by atoms with Crippen LogP contribution >= 0.6 is 0 Å². The predicted molar refractivity (Wildman–Crippen MR) is 93.1 cm³/mol.